The summed E-state index contributed by atoms with van der Waals surface area (Å²) in [7, 11) is 0. The summed E-state index contributed by atoms with van der Waals surface area (Å²) in [5, 5.41) is 8.50. The van der Waals surface area contributed by atoms with Crippen LogP contribution in [0.15, 0.2) is 235 Å². The average molecular weight is 868 g/mol. The number of para-hydroxylation sites is 1. The Morgan fingerprint density at radius 3 is 1.85 bits per heavy atom. The number of rotatable bonds is 11. The van der Waals surface area contributed by atoms with Gasteiger partial charge in [0.15, 0.2) is 0 Å². The Bertz CT molecular complexity index is 3390. The lowest BCUT2D eigenvalue weighted by molar-refractivity contribution is 0.973. The second-order valence-corrected chi connectivity index (χ2v) is 17.1. The summed E-state index contributed by atoms with van der Waals surface area (Å²) in [5.41, 5.74) is 16.9. The molecule has 0 unspecified atom stereocenters. The van der Waals surface area contributed by atoms with E-state index in [1.807, 2.05) is 32.9 Å². The molecule has 0 atom stereocenters. The van der Waals surface area contributed by atoms with Gasteiger partial charge in [0.1, 0.15) is 0 Å². The average Bonchev–Trinajstić information content (AvgIpc) is 3.39. The van der Waals surface area contributed by atoms with Crippen molar-refractivity contribution in [3.05, 3.63) is 252 Å². The van der Waals surface area contributed by atoms with Gasteiger partial charge < -0.3 is 0 Å². The van der Waals surface area contributed by atoms with Crippen LogP contribution < -0.4 is 0 Å². The van der Waals surface area contributed by atoms with E-state index >= 15 is 0 Å². The molecule has 1 heterocycles. The van der Waals surface area contributed by atoms with Crippen LogP contribution in [0, 0.1) is 0 Å². The number of allylic oxidation sites excluding steroid dienone is 18. The molecule has 9 rings (SSSR count). The van der Waals surface area contributed by atoms with E-state index < -0.39 is 0 Å². The number of aromatic nitrogens is 1. The Morgan fingerprint density at radius 2 is 1.09 bits per heavy atom. The molecule has 0 saturated heterocycles. The van der Waals surface area contributed by atoms with Gasteiger partial charge in [0, 0.05) is 16.3 Å². The zero-order valence-corrected chi connectivity index (χ0v) is 40.1. The lowest BCUT2D eigenvalue weighted by Gasteiger charge is -2.22. The van der Waals surface area contributed by atoms with Crippen molar-refractivity contribution < 1.29 is 0 Å². The molecule has 0 spiro atoms. The maximum atomic E-state index is 5.38. The molecule has 1 heteroatoms. The predicted molar refractivity (Wildman–Crippen MR) is 296 cm³/mol. The van der Waals surface area contributed by atoms with E-state index in [1.165, 1.54) is 93.6 Å². The van der Waals surface area contributed by atoms with Gasteiger partial charge in [-0.25, -0.2) is 4.98 Å². The summed E-state index contributed by atoms with van der Waals surface area (Å²) >= 11 is 0. The van der Waals surface area contributed by atoms with Crippen LogP contribution in [-0.2, 0) is 0 Å². The molecule has 1 aliphatic rings. The van der Waals surface area contributed by atoms with Crippen LogP contribution in [0.1, 0.15) is 78.0 Å². The van der Waals surface area contributed by atoms with E-state index in [2.05, 4.69) is 234 Å². The maximum Gasteiger partial charge on any atom is 0.0788 e. The normalized spacial score (nSPS) is 14.1. The molecule has 1 nitrogen and oxygen atoms in total. The van der Waals surface area contributed by atoms with E-state index in [1.54, 1.807) is 0 Å². The maximum absolute atomic E-state index is 5.38. The predicted octanol–water partition coefficient (Wildman–Crippen LogP) is 19.2. The Hall–Kier alpha value is -7.61. The van der Waals surface area contributed by atoms with Gasteiger partial charge in [0.05, 0.1) is 11.2 Å². The summed E-state index contributed by atoms with van der Waals surface area (Å²) in [4.78, 5) is 5.38. The largest absolute Gasteiger partial charge is 0.247 e. The molecule has 330 valence electrons. The highest BCUT2D eigenvalue weighted by Crippen LogP contribution is 2.46. The molecular formula is C66H61N. The van der Waals surface area contributed by atoms with Crippen molar-refractivity contribution in [2.24, 2.45) is 0 Å². The number of hydrogen-bond acceptors (Lipinski definition) is 1. The molecule has 0 aliphatic heterocycles. The summed E-state index contributed by atoms with van der Waals surface area (Å²) in [6, 6.07) is 53.0. The van der Waals surface area contributed by atoms with Gasteiger partial charge in [-0.2, -0.15) is 0 Å². The fourth-order valence-corrected chi connectivity index (χ4v) is 9.19. The smallest absolute Gasteiger partial charge is 0.0788 e. The van der Waals surface area contributed by atoms with E-state index in [0.717, 1.165) is 35.0 Å². The summed E-state index contributed by atoms with van der Waals surface area (Å²) in [5.74, 6) is 0. The highest BCUT2D eigenvalue weighted by atomic mass is 14.7. The van der Waals surface area contributed by atoms with E-state index in [9.17, 15) is 0 Å². The fraction of sp³-hybridized carbons (Fsp3) is 0.136. The second-order valence-electron chi connectivity index (χ2n) is 17.1. The molecular weight excluding hydrogens is 807 g/mol. The van der Waals surface area contributed by atoms with Crippen LogP contribution in [0.4, 0.5) is 0 Å². The van der Waals surface area contributed by atoms with Crippen molar-refractivity contribution >= 4 is 59.9 Å². The third-order valence-corrected chi connectivity index (χ3v) is 12.7. The van der Waals surface area contributed by atoms with Crippen molar-refractivity contribution in [2.75, 3.05) is 0 Å². The van der Waals surface area contributed by atoms with Gasteiger partial charge in [-0.05, 0) is 148 Å². The molecule has 0 radical (unpaired) electrons. The summed E-state index contributed by atoms with van der Waals surface area (Å²) < 4.78 is 0. The van der Waals surface area contributed by atoms with Crippen molar-refractivity contribution in [1.82, 2.24) is 4.98 Å². The van der Waals surface area contributed by atoms with Gasteiger partial charge in [0.2, 0.25) is 0 Å². The molecule has 7 aromatic carbocycles. The van der Waals surface area contributed by atoms with Crippen LogP contribution in [0.25, 0.3) is 82.3 Å². The van der Waals surface area contributed by atoms with Crippen molar-refractivity contribution in [3.63, 3.8) is 0 Å². The Labute approximate surface area is 398 Å². The van der Waals surface area contributed by atoms with Crippen LogP contribution >= 0.6 is 0 Å². The minimum absolute atomic E-state index is 0.985. The van der Waals surface area contributed by atoms with Crippen molar-refractivity contribution in [1.29, 1.82) is 0 Å². The number of benzene rings is 7. The topological polar surface area (TPSA) is 12.9 Å². The van der Waals surface area contributed by atoms with E-state index in [-0.39, 0.29) is 0 Å². The van der Waals surface area contributed by atoms with Crippen molar-refractivity contribution in [2.45, 2.75) is 61.3 Å². The lowest BCUT2D eigenvalue weighted by Crippen LogP contribution is -1.98. The quantitative estimate of drug-likeness (QED) is 0.0717. The first-order valence-corrected chi connectivity index (χ1v) is 23.9. The first-order chi connectivity index (χ1) is 32.9. The minimum Gasteiger partial charge on any atom is -0.247 e. The Balaban J connectivity index is 0.00000300. The summed E-state index contributed by atoms with van der Waals surface area (Å²) in [6.45, 7) is 14.8. The number of pyridine rings is 1. The van der Waals surface area contributed by atoms with Gasteiger partial charge in [0.25, 0.3) is 0 Å². The van der Waals surface area contributed by atoms with Crippen LogP contribution in [0.5, 0.6) is 0 Å². The number of fused-ring (bicyclic) bond motifs is 5. The standard InChI is InChI=1S/C64H55N.C2H6/c1-6-7-8-9-11-22-44(2)35-36-46(4)49-25-20-27-51(41-49)62-56-31-15-16-32-57(56)63(52-28-21-26-50(42-52)47(5)38-37-45(3)48-23-12-10-13-24-48)60-43-53(39-40-58(60)62)64-59-33-17-14-29-54(59)55-30-18-19-34-61(55)65-64;1-2/h6-19,21-24,26-43H,20,25H2,1-5H3;1-2H3/b7-6-,9-8-,22-11+,44-35+,45-37+,46-36+,47-38+;. The molecule has 0 amide bonds. The molecule has 0 saturated carbocycles. The van der Waals surface area contributed by atoms with Crippen LogP contribution in [-0.4, -0.2) is 4.98 Å². The van der Waals surface area contributed by atoms with E-state index in [4.69, 9.17) is 4.98 Å². The highest BCUT2D eigenvalue weighted by molar-refractivity contribution is 6.21. The third-order valence-electron chi connectivity index (χ3n) is 12.7. The first kappa shape index (κ1) is 45.9. The Morgan fingerprint density at radius 1 is 0.478 bits per heavy atom. The molecule has 0 fully saturated rings. The third kappa shape index (κ3) is 10.1. The molecule has 67 heavy (non-hydrogen) atoms. The van der Waals surface area contributed by atoms with Gasteiger partial charge in [-0.1, -0.05) is 220 Å². The number of nitrogens with zero attached hydrogens (tertiary/aromatic N) is 1. The zero-order chi connectivity index (χ0) is 46.7. The zero-order valence-electron chi connectivity index (χ0n) is 40.1. The number of hydrogen-bond donors (Lipinski definition) is 0. The molecule has 8 aromatic rings. The first-order valence-electron chi connectivity index (χ1n) is 23.9. The second kappa shape index (κ2) is 21.6. The molecule has 0 bridgehead atoms. The van der Waals surface area contributed by atoms with Crippen LogP contribution in [0.3, 0.4) is 0 Å². The SMILES string of the molecule is CC.C\C=C/C=C\C=C\C(C)=C\C=C(/C)C1=CC(c2c3ccccc3c(-c3cccc(/C(C)=C/C=C(\C)c4ccccc4)c3)c3cc(-c4nc5ccccc5c5ccccc45)ccc23)=CCC1. The van der Waals surface area contributed by atoms with Gasteiger partial charge in [-0.15, -0.1) is 0 Å². The fourth-order valence-electron chi connectivity index (χ4n) is 9.19. The molecule has 1 aromatic heterocycles. The minimum atomic E-state index is 0.985. The van der Waals surface area contributed by atoms with E-state index in [0.29, 0.717) is 0 Å². The lowest BCUT2D eigenvalue weighted by atomic mass is 9.82. The monoisotopic (exact) mass is 867 g/mol. The highest BCUT2D eigenvalue weighted by Gasteiger charge is 2.21. The molecule has 1 aliphatic carbocycles. The van der Waals surface area contributed by atoms with Gasteiger partial charge in [-0.3, -0.25) is 0 Å². The Kier molecular flexibility index (Phi) is 14.8. The van der Waals surface area contributed by atoms with Crippen LogP contribution in [0.2, 0.25) is 0 Å². The van der Waals surface area contributed by atoms with Crippen molar-refractivity contribution in [3.8, 4) is 22.4 Å². The molecule has 0 N–H and O–H groups in total. The summed E-state index contributed by atoms with van der Waals surface area (Å²) in [6.07, 6.45) is 28.3. The van der Waals surface area contributed by atoms with Gasteiger partial charge >= 0.3 is 0 Å².